The van der Waals surface area contributed by atoms with E-state index < -0.39 is 0 Å². The van der Waals surface area contributed by atoms with Crippen LogP contribution in [0.3, 0.4) is 0 Å². The number of benzene rings is 1. The van der Waals surface area contributed by atoms with Gasteiger partial charge in [-0.15, -0.1) is 0 Å². The number of amides is 1. The van der Waals surface area contributed by atoms with Gasteiger partial charge in [-0.3, -0.25) is 4.79 Å². The Balaban J connectivity index is 1.95. The Labute approximate surface area is 114 Å². The van der Waals surface area contributed by atoms with Crippen LogP contribution in [0.15, 0.2) is 30.3 Å². The normalized spacial score (nSPS) is 24.1. The van der Waals surface area contributed by atoms with E-state index in [2.05, 4.69) is 5.32 Å². The van der Waals surface area contributed by atoms with Crippen LogP contribution in [-0.2, 0) is 9.53 Å². The Hall–Kier alpha value is -1.39. The second kappa shape index (κ2) is 6.68. The van der Waals surface area contributed by atoms with Crippen LogP contribution in [0.5, 0.6) is 0 Å². The first-order valence-electron chi connectivity index (χ1n) is 6.82. The number of nitrogens with two attached hydrogens (primary N) is 1. The number of carbonyl (C=O) groups is 1. The maximum Gasteiger partial charge on any atom is 0.229 e. The van der Waals surface area contributed by atoms with E-state index in [1.807, 2.05) is 30.3 Å². The van der Waals surface area contributed by atoms with Gasteiger partial charge in [-0.1, -0.05) is 30.3 Å². The van der Waals surface area contributed by atoms with E-state index in [0.29, 0.717) is 6.54 Å². The summed E-state index contributed by atoms with van der Waals surface area (Å²) in [5.41, 5.74) is 6.72. The highest BCUT2D eigenvalue weighted by Crippen LogP contribution is 2.22. The molecule has 1 aliphatic carbocycles. The molecule has 0 heterocycles. The zero-order chi connectivity index (χ0) is 13.7. The van der Waals surface area contributed by atoms with Crippen molar-refractivity contribution in [3.8, 4) is 0 Å². The molecule has 19 heavy (non-hydrogen) atoms. The molecule has 1 aliphatic rings. The van der Waals surface area contributed by atoms with E-state index in [4.69, 9.17) is 10.5 Å². The van der Waals surface area contributed by atoms with Gasteiger partial charge in [0.25, 0.3) is 0 Å². The Morgan fingerprint density at radius 2 is 2.16 bits per heavy atom. The molecule has 0 bridgehead atoms. The second-order valence-electron chi connectivity index (χ2n) is 5.08. The summed E-state index contributed by atoms with van der Waals surface area (Å²) in [5.74, 6) is -0.238. The summed E-state index contributed by atoms with van der Waals surface area (Å²) in [4.78, 5) is 12.3. The molecule has 0 spiro atoms. The zero-order valence-electron chi connectivity index (χ0n) is 11.3. The molecule has 4 heteroatoms. The van der Waals surface area contributed by atoms with Crippen LogP contribution in [0.1, 0.15) is 30.7 Å². The summed E-state index contributed by atoms with van der Waals surface area (Å²) in [6.07, 6.45) is 3.17. The smallest absolute Gasteiger partial charge is 0.229 e. The summed E-state index contributed by atoms with van der Waals surface area (Å²) >= 11 is 0. The fraction of sp³-hybridized carbons (Fsp3) is 0.533. The second-order valence-corrected chi connectivity index (χ2v) is 5.08. The minimum absolute atomic E-state index is 0.0236. The largest absolute Gasteiger partial charge is 0.381 e. The zero-order valence-corrected chi connectivity index (χ0v) is 11.3. The van der Waals surface area contributed by atoms with Crippen molar-refractivity contribution in [2.24, 2.45) is 5.73 Å². The summed E-state index contributed by atoms with van der Waals surface area (Å²) in [6.45, 7) is 0.330. The third kappa shape index (κ3) is 3.55. The molecule has 104 valence electrons. The topological polar surface area (TPSA) is 64.3 Å². The molecule has 3 N–H and O–H groups in total. The van der Waals surface area contributed by atoms with Crippen LogP contribution in [0.25, 0.3) is 0 Å². The molecule has 3 atom stereocenters. The van der Waals surface area contributed by atoms with Gasteiger partial charge in [0.2, 0.25) is 5.91 Å². The predicted octanol–water partition coefficient (Wildman–Crippen LogP) is 1.41. The van der Waals surface area contributed by atoms with Crippen molar-refractivity contribution in [2.45, 2.75) is 37.3 Å². The highest BCUT2D eigenvalue weighted by molar-refractivity contribution is 5.84. The van der Waals surface area contributed by atoms with E-state index in [-0.39, 0.29) is 24.0 Å². The van der Waals surface area contributed by atoms with Gasteiger partial charge in [0.05, 0.1) is 12.0 Å². The number of rotatable bonds is 5. The molecule has 4 nitrogen and oxygen atoms in total. The van der Waals surface area contributed by atoms with Gasteiger partial charge < -0.3 is 15.8 Å². The van der Waals surface area contributed by atoms with Crippen molar-refractivity contribution >= 4 is 5.91 Å². The number of methoxy groups -OCH3 is 1. The molecule has 0 aliphatic heterocycles. The van der Waals surface area contributed by atoms with E-state index in [9.17, 15) is 4.79 Å². The molecule has 2 rings (SSSR count). The van der Waals surface area contributed by atoms with Crippen LogP contribution in [0.2, 0.25) is 0 Å². The lowest BCUT2D eigenvalue weighted by Crippen LogP contribution is -2.39. The van der Waals surface area contributed by atoms with Gasteiger partial charge in [0.1, 0.15) is 0 Å². The summed E-state index contributed by atoms with van der Waals surface area (Å²) < 4.78 is 5.32. The van der Waals surface area contributed by atoms with E-state index in [1.165, 1.54) is 0 Å². The van der Waals surface area contributed by atoms with E-state index in [1.54, 1.807) is 7.11 Å². The summed E-state index contributed by atoms with van der Waals surface area (Å²) in [7, 11) is 1.72. The molecule has 0 radical (unpaired) electrons. The summed E-state index contributed by atoms with van der Waals surface area (Å²) in [5, 5.41) is 3.09. The molecule has 0 aromatic heterocycles. The lowest BCUT2D eigenvalue weighted by atomic mass is 9.98. The highest BCUT2D eigenvalue weighted by atomic mass is 16.5. The average molecular weight is 262 g/mol. The average Bonchev–Trinajstić information content (AvgIpc) is 2.88. The van der Waals surface area contributed by atoms with Crippen LogP contribution < -0.4 is 11.1 Å². The third-order valence-corrected chi connectivity index (χ3v) is 3.82. The fourth-order valence-electron chi connectivity index (χ4n) is 2.67. The molecular weight excluding hydrogens is 240 g/mol. The lowest BCUT2D eigenvalue weighted by Gasteiger charge is -2.19. The van der Waals surface area contributed by atoms with Gasteiger partial charge in [0, 0.05) is 19.7 Å². The summed E-state index contributed by atoms with van der Waals surface area (Å²) in [6, 6.07) is 9.92. The molecule has 0 saturated heterocycles. The van der Waals surface area contributed by atoms with Crippen molar-refractivity contribution in [1.82, 2.24) is 5.32 Å². The molecule has 1 fully saturated rings. The van der Waals surface area contributed by atoms with Crippen LogP contribution >= 0.6 is 0 Å². The SMILES string of the molecule is COC1CCC(NC(=O)C(CN)c2ccccc2)C1. The number of carbonyl (C=O) groups excluding carboxylic acids is 1. The maximum absolute atomic E-state index is 12.3. The number of nitrogens with one attached hydrogen (secondary N) is 1. The van der Waals surface area contributed by atoms with E-state index in [0.717, 1.165) is 24.8 Å². The fourth-order valence-corrected chi connectivity index (χ4v) is 2.67. The number of hydrogen-bond acceptors (Lipinski definition) is 3. The van der Waals surface area contributed by atoms with Gasteiger partial charge >= 0.3 is 0 Å². The first-order valence-corrected chi connectivity index (χ1v) is 6.82. The Kier molecular flexibility index (Phi) is 4.93. The quantitative estimate of drug-likeness (QED) is 0.843. The first-order chi connectivity index (χ1) is 9.24. The molecular formula is C15H22N2O2. The standard InChI is InChI=1S/C15H22N2O2/c1-19-13-8-7-12(9-13)17-15(18)14(10-16)11-5-3-2-4-6-11/h2-6,12-14H,7-10,16H2,1H3,(H,17,18). The Bertz CT molecular complexity index is 408. The van der Waals surface area contributed by atoms with Crippen molar-refractivity contribution in [1.29, 1.82) is 0 Å². The molecule has 1 aromatic rings. The highest BCUT2D eigenvalue weighted by Gasteiger charge is 2.28. The predicted molar refractivity (Wildman–Crippen MR) is 74.8 cm³/mol. The third-order valence-electron chi connectivity index (χ3n) is 3.82. The monoisotopic (exact) mass is 262 g/mol. The minimum atomic E-state index is -0.261. The lowest BCUT2D eigenvalue weighted by molar-refractivity contribution is -0.123. The van der Waals surface area contributed by atoms with Crippen molar-refractivity contribution in [3.63, 3.8) is 0 Å². The Morgan fingerprint density at radius 1 is 1.42 bits per heavy atom. The number of hydrogen-bond donors (Lipinski definition) is 2. The van der Waals surface area contributed by atoms with Crippen LogP contribution in [0, 0.1) is 0 Å². The number of ether oxygens (including phenoxy) is 1. The van der Waals surface area contributed by atoms with Gasteiger partial charge in [-0.2, -0.15) is 0 Å². The first kappa shape index (κ1) is 14.0. The van der Waals surface area contributed by atoms with E-state index >= 15 is 0 Å². The van der Waals surface area contributed by atoms with Gasteiger partial charge in [-0.25, -0.2) is 0 Å². The molecule has 1 amide bonds. The minimum Gasteiger partial charge on any atom is -0.381 e. The molecule has 1 aromatic carbocycles. The molecule has 3 unspecified atom stereocenters. The van der Waals surface area contributed by atoms with Crippen molar-refractivity contribution in [3.05, 3.63) is 35.9 Å². The van der Waals surface area contributed by atoms with Crippen LogP contribution in [-0.4, -0.2) is 31.7 Å². The molecule has 1 saturated carbocycles. The van der Waals surface area contributed by atoms with Crippen LogP contribution in [0.4, 0.5) is 0 Å². The Morgan fingerprint density at radius 3 is 2.74 bits per heavy atom. The van der Waals surface area contributed by atoms with Gasteiger partial charge in [-0.05, 0) is 24.8 Å². The van der Waals surface area contributed by atoms with Crippen molar-refractivity contribution < 1.29 is 9.53 Å². The van der Waals surface area contributed by atoms with Crippen molar-refractivity contribution in [2.75, 3.05) is 13.7 Å². The van der Waals surface area contributed by atoms with Gasteiger partial charge in [0.15, 0.2) is 0 Å². The maximum atomic E-state index is 12.3.